The van der Waals surface area contributed by atoms with Gasteiger partial charge in [-0.3, -0.25) is 4.99 Å². The zero-order chi connectivity index (χ0) is 23.3. The molecule has 1 aromatic rings. The zero-order valence-corrected chi connectivity index (χ0v) is 18.8. The van der Waals surface area contributed by atoms with Crippen LogP contribution < -0.4 is 10.6 Å². The van der Waals surface area contributed by atoms with Gasteiger partial charge in [-0.05, 0) is 51.8 Å². The van der Waals surface area contributed by atoms with E-state index in [9.17, 15) is 5.11 Å². The van der Waals surface area contributed by atoms with Crippen LogP contribution >= 0.6 is 0 Å². The largest absolute Gasteiger partial charge is 0.472 e. The van der Waals surface area contributed by atoms with Gasteiger partial charge in [-0.1, -0.05) is 17.7 Å². The smallest absolute Gasteiger partial charge is 0.154 e. The molecule has 0 radical (unpaired) electrons. The van der Waals surface area contributed by atoms with Crippen molar-refractivity contribution in [1.82, 2.24) is 10.6 Å². The Labute approximate surface area is 189 Å². The summed E-state index contributed by atoms with van der Waals surface area (Å²) in [4.78, 5) is 8.18. The van der Waals surface area contributed by atoms with Gasteiger partial charge in [0.25, 0.3) is 0 Å². The number of allylic oxidation sites excluding steroid dienone is 5. The molecule has 2 rings (SSSR count). The molecule has 32 heavy (non-hydrogen) atoms. The molecule has 0 spiro atoms. The van der Waals surface area contributed by atoms with Crippen molar-refractivity contribution in [3.8, 4) is 0 Å². The van der Waals surface area contributed by atoms with Crippen LogP contribution in [0.25, 0.3) is 6.08 Å². The topological polar surface area (TPSA) is 112 Å². The summed E-state index contributed by atoms with van der Waals surface area (Å²) in [6, 6.07) is 1.81. The number of nitrogens with one attached hydrogen (secondary N) is 2. The lowest BCUT2D eigenvalue weighted by molar-refractivity contribution is 0.150. The average Bonchev–Trinajstić information content (AvgIpc) is 3.30. The molecule has 0 saturated carbocycles. The molecule has 1 aromatic heterocycles. The second-order valence-corrected chi connectivity index (χ2v) is 7.05. The molecule has 1 aliphatic rings. The fourth-order valence-corrected chi connectivity index (χ4v) is 2.97. The quantitative estimate of drug-likeness (QED) is 0.172. The summed E-state index contributed by atoms with van der Waals surface area (Å²) < 4.78 is 10.5. The lowest BCUT2D eigenvalue weighted by Crippen LogP contribution is -2.33. The normalized spacial score (nSPS) is 16.7. The van der Waals surface area contributed by atoms with E-state index in [-0.39, 0.29) is 6.73 Å². The lowest BCUT2D eigenvalue weighted by Gasteiger charge is -2.21. The van der Waals surface area contributed by atoms with Crippen molar-refractivity contribution in [1.29, 1.82) is 0 Å². The van der Waals surface area contributed by atoms with Gasteiger partial charge in [-0.2, -0.15) is 0 Å². The molecule has 0 amide bonds. The van der Waals surface area contributed by atoms with Crippen LogP contribution in [0.1, 0.15) is 26.3 Å². The highest BCUT2D eigenvalue weighted by Crippen LogP contribution is 2.19. The van der Waals surface area contributed by atoms with Gasteiger partial charge < -0.3 is 30.0 Å². The van der Waals surface area contributed by atoms with E-state index in [0.717, 1.165) is 16.7 Å². The van der Waals surface area contributed by atoms with Gasteiger partial charge in [0.1, 0.15) is 12.6 Å². The Morgan fingerprint density at radius 3 is 2.78 bits per heavy atom. The van der Waals surface area contributed by atoms with E-state index in [4.69, 9.17) is 14.3 Å². The van der Waals surface area contributed by atoms with Crippen molar-refractivity contribution >= 4 is 18.5 Å². The number of hydrogen-bond donors (Lipinski definition) is 4. The van der Waals surface area contributed by atoms with E-state index in [1.165, 1.54) is 0 Å². The van der Waals surface area contributed by atoms with E-state index in [1.54, 1.807) is 30.8 Å². The maximum absolute atomic E-state index is 11.0. The molecular formula is C24H32N4O4. The molecule has 0 bridgehead atoms. The number of nitrogens with zero attached hydrogens (tertiary/aromatic N) is 2. The van der Waals surface area contributed by atoms with Gasteiger partial charge in [-0.15, -0.1) is 0 Å². The van der Waals surface area contributed by atoms with Gasteiger partial charge in [-0.25, -0.2) is 4.99 Å². The highest BCUT2D eigenvalue weighted by Gasteiger charge is 2.17. The SMILES string of the molecule is C=N/C(NCCOCC)=C(\C=C\c1ccoc1)C(O)NC1=CC(=C(C)C)C(=NCO)C=C1. The minimum Gasteiger partial charge on any atom is -0.472 e. The van der Waals surface area contributed by atoms with Crippen molar-refractivity contribution < 1.29 is 19.4 Å². The highest BCUT2D eigenvalue weighted by atomic mass is 16.5. The molecule has 172 valence electrons. The van der Waals surface area contributed by atoms with E-state index in [1.807, 2.05) is 39.0 Å². The summed E-state index contributed by atoms with van der Waals surface area (Å²) >= 11 is 0. The third-order valence-electron chi connectivity index (χ3n) is 4.55. The van der Waals surface area contributed by atoms with Gasteiger partial charge >= 0.3 is 0 Å². The summed E-state index contributed by atoms with van der Waals surface area (Å²) in [5, 5.41) is 26.4. The lowest BCUT2D eigenvalue weighted by atomic mass is 9.99. The first kappa shape index (κ1) is 25.1. The van der Waals surface area contributed by atoms with E-state index >= 15 is 0 Å². The third-order valence-corrected chi connectivity index (χ3v) is 4.55. The Morgan fingerprint density at radius 1 is 1.34 bits per heavy atom. The summed E-state index contributed by atoms with van der Waals surface area (Å²) in [5.41, 5.74) is 4.65. The Morgan fingerprint density at radius 2 is 2.16 bits per heavy atom. The molecular weight excluding hydrogens is 408 g/mol. The number of aliphatic imine (C=N–C) groups is 2. The van der Waals surface area contributed by atoms with Crippen LogP contribution in [0.15, 0.2) is 85.5 Å². The fourth-order valence-electron chi connectivity index (χ4n) is 2.97. The van der Waals surface area contributed by atoms with Crippen molar-refractivity contribution in [2.45, 2.75) is 27.0 Å². The van der Waals surface area contributed by atoms with Crippen molar-refractivity contribution in [2.75, 3.05) is 26.5 Å². The molecule has 1 unspecified atom stereocenters. The molecule has 8 nitrogen and oxygen atoms in total. The fraction of sp³-hybridized carbons (Fsp3) is 0.333. The van der Waals surface area contributed by atoms with E-state index in [0.29, 0.717) is 42.6 Å². The standard InChI is InChI=1S/C24H32N4O4/c1-5-31-13-11-26-23(25-4)20(8-6-18-10-12-32-15-18)24(30)28-19-7-9-22(27-16-29)21(14-19)17(2)3/h6-10,12,14-15,24,26,28-30H,4-5,11,13,16H2,1-3H3/b8-6+,23-20-,27-22?. The second-order valence-electron chi connectivity index (χ2n) is 7.05. The molecule has 4 N–H and O–H groups in total. The molecule has 0 aliphatic heterocycles. The number of hydrogen-bond acceptors (Lipinski definition) is 8. The number of rotatable bonds is 12. The molecule has 1 heterocycles. The average molecular weight is 441 g/mol. The van der Waals surface area contributed by atoms with Crippen molar-refractivity contribution in [3.63, 3.8) is 0 Å². The Bertz CT molecular complexity index is 933. The number of aliphatic hydroxyl groups excluding tert-OH is 2. The molecule has 0 saturated heterocycles. The van der Waals surface area contributed by atoms with Crippen LogP contribution in [0.5, 0.6) is 0 Å². The minimum absolute atomic E-state index is 0.289. The maximum Gasteiger partial charge on any atom is 0.154 e. The maximum atomic E-state index is 11.0. The molecule has 0 aromatic carbocycles. The summed E-state index contributed by atoms with van der Waals surface area (Å²) in [5.74, 6) is 0.440. The first-order valence-electron chi connectivity index (χ1n) is 10.4. The van der Waals surface area contributed by atoms with Crippen molar-refractivity contribution in [3.05, 3.63) is 76.7 Å². The van der Waals surface area contributed by atoms with Crippen LogP contribution in [0.2, 0.25) is 0 Å². The summed E-state index contributed by atoms with van der Waals surface area (Å²) in [6.45, 7) is 10.9. The van der Waals surface area contributed by atoms with Crippen molar-refractivity contribution in [2.24, 2.45) is 9.98 Å². The van der Waals surface area contributed by atoms with Crippen LogP contribution in [0.3, 0.4) is 0 Å². The van der Waals surface area contributed by atoms with Crippen LogP contribution in [0.4, 0.5) is 0 Å². The summed E-state index contributed by atoms with van der Waals surface area (Å²) in [6.07, 6.45) is 11.2. The molecule has 8 heteroatoms. The molecule has 1 aliphatic carbocycles. The molecule has 1 atom stereocenters. The first-order chi connectivity index (χ1) is 15.5. The Kier molecular flexibility index (Phi) is 10.4. The van der Waals surface area contributed by atoms with Crippen LogP contribution in [-0.2, 0) is 4.74 Å². The predicted molar refractivity (Wildman–Crippen MR) is 128 cm³/mol. The van der Waals surface area contributed by atoms with Gasteiger partial charge in [0.2, 0.25) is 0 Å². The monoisotopic (exact) mass is 440 g/mol. The van der Waals surface area contributed by atoms with E-state index in [2.05, 4.69) is 27.3 Å². The number of ether oxygens (including phenoxy) is 1. The zero-order valence-electron chi connectivity index (χ0n) is 18.8. The Balaban J connectivity index is 2.30. The van der Waals surface area contributed by atoms with Gasteiger partial charge in [0, 0.05) is 35.6 Å². The van der Waals surface area contributed by atoms with Gasteiger partial charge in [0.15, 0.2) is 6.23 Å². The Hall–Kier alpha value is -3.20. The van der Waals surface area contributed by atoms with Crippen LogP contribution in [-0.4, -0.2) is 55.4 Å². The van der Waals surface area contributed by atoms with E-state index < -0.39 is 6.23 Å². The molecule has 0 fully saturated rings. The van der Waals surface area contributed by atoms with Crippen LogP contribution in [0, 0.1) is 0 Å². The second kappa shape index (κ2) is 13.3. The number of aliphatic hydroxyl groups is 2. The summed E-state index contributed by atoms with van der Waals surface area (Å²) in [7, 11) is 0. The number of furan rings is 1. The predicted octanol–water partition coefficient (Wildman–Crippen LogP) is 2.92. The first-order valence-corrected chi connectivity index (χ1v) is 10.4. The highest BCUT2D eigenvalue weighted by molar-refractivity contribution is 6.12. The minimum atomic E-state index is -1.08. The van der Waals surface area contributed by atoms with Gasteiger partial charge in [0.05, 0.1) is 24.8 Å². The third kappa shape index (κ3) is 7.49.